The van der Waals surface area contributed by atoms with E-state index in [2.05, 4.69) is 105 Å². The van der Waals surface area contributed by atoms with E-state index in [1.54, 1.807) is 18.3 Å². The van der Waals surface area contributed by atoms with Gasteiger partial charge in [0, 0.05) is 55.6 Å². The SMILES string of the molecule is [2H]c1c(Oc2cc(-c3ccc(C(C)(C)C)cc3)c3c4ccccc4n(-c4cc(C([2H])([2H])[2H])c(-c5ccccc5)cn4)c3c2)cc(N2CN(c3c(-c4ccccc4)cccc3-c3ccccc3)c3ccccc32)c([2H])c1[2H]. The molecule has 5 heteroatoms. The second-order valence-electron chi connectivity index (χ2n) is 18.8. The number of hydrogen-bond acceptors (Lipinski definition) is 4. The van der Waals surface area contributed by atoms with E-state index in [-0.39, 0.29) is 34.9 Å². The van der Waals surface area contributed by atoms with E-state index in [0.29, 0.717) is 35.0 Å². The second kappa shape index (κ2) is 17.4. The van der Waals surface area contributed by atoms with Gasteiger partial charge < -0.3 is 14.5 Å². The van der Waals surface area contributed by atoms with Crippen molar-refractivity contribution in [3.8, 4) is 61.8 Å². The first-order valence-corrected chi connectivity index (χ1v) is 23.6. The van der Waals surface area contributed by atoms with Crippen LogP contribution in [0.2, 0.25) is 0 Å². The standard InChI is InChI=1S/C65H52N4O/c1-44-38-62(66-42-57(44)47-24-12-7-13-25-47)69-58-31-15-14-28-55(58)63-56(48-34-36-49(37-35-48)65(2,3)4)40-52(41-61(63)69)70-51-27-18-26-50(39-51)67-43-68(60-33-17-16-32-59(60)67)64-53(45-20-8-5-9-21-45)29-19-30-54(64)46-22-10-6-11-23-46/h5-42H,43H2,1-4H3/i1D3,18D,26D,27D. The Hall–Kier alpha value is -8.67. The largest absolute Gasteiger partial charge is 0.457 e. The molecule has 0 bridgehead atoms. The lowest BCUT2D eigenvalue weighted by Gasteiger charge is -2.27. The minimum Gasteiger partial charge on any atom is -0.457 e. The van der Waals surface area contributed by atoms with Gasteiger partial charge in [-0.2, -0.15) is 0 Å². The number of aromatic nitrogens is 2. The molecule has 5 nitrogen and oxygen atoms in total. The summed E-state index contributed by atoms with van der Waals surface area (Å²) in [6, 6.07) is 67.9. The molecular weight excluding hydrogens is 853 g/mol. The molecule has 2 aromatic heterocycles. The maximum absolute atomic E-state index is 9.50. The van der Waals surface area contributed by atoms with E-state index in [1.165, 1.54) is 5.56 Å². The van der Waals surface area contributed by atoms with Crippen LogP contribution >= 0.6 is 0 Å². The van der Waals surface area contributed by atoms with E-state index in [4.69, 9.17) is 13.8 Å². The lowest BCUT2D eigenvalue weighted by molar-refractivity contribution is 0.483. The molecule has 70 heavy (non-hydrogen) atoms. The van der Waals surface area contributed by atoms with Crippen LogP contribution in [0.3, 0.4) is 0 Å². The highest BCUT2D eigenvalue weighted by molar-refractivity contribution is 6.16. The van der Waals surface area contributed by atoms with Gasteiger partial charge in [-0.1, -0.05) is 191 Å². The van der Waals surface area contributed by atoms with Crippen molar-refractivity contribution in [2.24, 2.45) is 0 Å². The average molecular weight is 911 g/mol. The van der Waals surface area contributed by atoms with Crippen LogP contribution in [-0.4, -0.2) is 16.2 Å². The van der Waals surface area contributed by atoms with Crippen molar-refractivity contribution in [1.82, 2.24) is 9.55 Å². The molecule has 12 rings (SSSR count). The lowest BCUT2D eigenvalue weighted by Crippen LogP contribution is -2.24. The molecule has 0 spiro atoms. The van der Waals surface area contributed by atoms with E-state index in [1.807, 2.05) is 125 Å². The van der Waals surface area contributed by atoms with Crippen LogP contribution in [0, 0.1) is 6.85 Å². The summed E-state index contributed by atoms with van der Waals surface area (Å²) in [6.45, 7) is 4.40. The zero-order valence-electron chi connectivity index (χ0n) is 45.1. The van der Waals surface area contributed by atoms with Crippen molar-refractivity contribution in [3.63, 3.8) is 0 Å². The van der Waals surface area contributed by atoms with Gasteiger partial charge in [0.1, 0.15) is 24.0 Å². The molecule has 0 aliphatic carbocycles. The first-order chi connectivity index (χ1) is 36.7. The maximum atomic E-state index is 9.50. The Bertz CT molecular complexity index is 3950. The molecule has 1 aliphatic rings. The molecular formula is C65H52N4O. The highest BCUT2D eigenvalue weighted by atomic mass is 16.5. The highest BCUT2D eigenvalue weighted by Gasteiger charge is 2.31. The molecule has 0 saturated carbocycles. The molecule has 11 aromatic rings. The van der Waals surface area contributed by atoms with E-state index < -0.39 is 6.85 Å². The third-order valence-corrected chi connectivity index (χ3v) is 13.4. The van der Waals surface area contributed by atoms with Crippen LogP contribution in [0.1, 0.15) is 40.1 Å². The van der Waals surface area contributed by atoms with Gasteiger partial charge in [0.15, 0.2) is 0 Å². The summed E-state index contributed by atoms with van der Waals surface area (Å²) in [6.07, 6.45) is 1.64. The fourth-order valence-electron chi connectivity index (χ4n) is 10.00. The molecule has 0 fully saturated rings. The number of anilines is 4. The molecule has 0 amide bonds. The fourth-order valence-corrected chi connectivity index (χ4v) is 10.00. The first kappa shape index (κ1) is 36.4. The zero-order chi connectivity index (χ0) is 52.5. The van der Waals surface area contributed by atoms with Crippen LogP contribution in [0.5, 0.6) is 11.5 Å². The number of benzene rings is 9. The molecule has 338 valence electrons. The van der Waals surface area contributed by atoms with Gasteiger partial charge in [-0.05, 0) is 93.6 Å². The number of para-hydroxylation sites is 4. The van der Waals surface area contributed by atoms with Gasteiger partial charge in [0.05, 0.1) is 32.2 Å². The maximum Gasteiger partial charge on any atom is 0.137 e. The van der Waals surface area contributed by atoms with Crippen molar-refractivity contribution in [2.75, 3.05) is 16.5 Å². The molecule has 0 N–H and O–H groups in total. The Morgan fingerprint density at radius 1 is 0.529 bits per heavy atom. The number of fused-ring (bicyclic) bond motifs is 4. The summed E-state index contributed by atoms with van der Waals surface area (Å²) in [5.74, 6) is 0.903. The lowest BCUT2D eigenvalue weighted by atomic mass is 9.86. The van der Waals surface area contributed by atoms with Gasteiger partial charge in [-0.3, -0.25) is 4.57 Å². The van der Waals surface area contributed by atoms with Crippen molar-refractivity contribution in [2.45, 2.75) is 33.0 Å². The van der Waals surface area contributed by atoms with Crippen molar-refractivity contribution in [3.05, 3.63) is 242 Å². The normalized spacial score (nSPS) is 13.9. The molecule has 9 aromatic carbocycles. The molecule has 0 saturated heterocycles. The Balaban J connectivity index is 1.03. The van der Waals surface area contributed by atoms with Gasteiger partial charge in [-0.15, -0.1) is 0 Å². The predicted molar refractivity (Wildman–Crippen MR) is 292 cm³/mol. The molecule has 3 heterocycles. The molecule has 1 aliphatic heterocycles. The topological polar surface area (TPSA) is 33.5 Å². The minimum absolute atomic E-state index is 0.0878. The third-order valence-electron chi connectivity index (χ3n) is 13.4. The van der Waals surface area contributed by atoms with Crippen LogP contribution in [0.25, 0.3) is 72.1 Å². The van der Waals surface area contributed by atoms with E-state index >= 15 is 0 Å². The van der Waals surface area contributed by atoms with Crippen LogP contribution < -0.4 is 14.5 Å². The third kappa shape index (κ3) is 7.66. The second-order valence-corrected chi connectivity index (χ2v) is 18.8. The summed E-state index contributed by atoms with van der Waals surface area (Å²) in [4.78, 5) is 9.31. The molecule has 0 radical (unpaired) electrons. The monoisotopic (exact) mass is 910 g/mol. The Kier molecular flexibility index (Phi) is 9.07. The Labute approximate surface area is 418 Å². The van der Waals surface area contributed by atoms with Crippen molar-refractivity contribution in [1.29, 1.82) is 0 Å². The predicted octanol–water partition coefficient (Wildman–Crippen LogP) is 17.5. The number of nitrogens with zero attached hydrogens (tertiary/aromatic N) is 4. The summed E-state index contributed by atoms with van der Waals surface area (Å²) in [7, 11) is 0. The van der Waals surface area contributed by atoms with Gasteiger partial charge >= 0.3 is 0 Å². The first-order valence-electron chi connectivity index (χ1n) is 26.6. The van der Waals surface area contributed by atoms with Gasteiger partial charge in [-0.25, -0.2) is 4.98 Å². The Morgan fingerprint density at radius 2 is 1.13 bits per heavy atom. The number of rotatable bonds is 9. The number of hydrogen-bond donors (Lipinski definition) is 0. The Morgan fingerprint density at radius 3 is 1.79 bits per heavy atom. The summed E-state index contributed by atoms with van der Waals surface area (Å²) in [5, 5.41) is 1.84. The van der Waals surface area contributed by atoms with Crippen LogP contribution in [0.4, 0.5) is 22.7 Å². The number of ether oxygens (including phenoxy) is 1. The minimum atomic E-state index is -2.46. The smallest absolute Gasteiger partial charge is 0.137 e. The molecule has 0 unspecified atom stereocenters. The highest BCUT2D eigenvalue weighted by Crippen LogP contribution is 2.51. The number of pyridine rings is 1. The van der Waals surface area contributed by atoms with E-state index in [0.717, 1.165) is 72.3 Å². The van der Waals surface area contributed by atoms with Crippen LogP contribution in [-0.2, 0) is 5.41 Å². The van der Waals surface area contributed by atoms with Gasteiger partial charge in [0.25, 0.3) is 0 Å². The zero-order valence-corrected chi connectivity index (χ0v) is 39.1. The summed E-state index contributed by atoms with van der Waals surface area (Å²) in [5.41, 5.74) is 13.2. The summed E-state index contributed by atoms with van der Waals surface area (Å²) >= 11 is 0. The molecule has 0 atom stereocenters. The van der Waals surface area contributed by atoms with E-state index in [9.17, 15) is 4.11 Å². The van der Waals surface area contributed by atoms with Crippen LogP contribution in [0.15, 0.2) is 231 Å². The van der Waals surface area contributed by atoms with Crippen molar-refractivity contribution < 1.29 is 13.0 Å². The van der Waals surface area contributed by atoms with Gasteiger partial charge in [0.2, 0.25) is 0 Å². The number of aryl methyl sites for hydroxylation is 1. The fraction of sp³-hybridized carbons (Fsp3) is 0.0923. The van der Waals surface area contributed by atoms with Crippen molar-refractivity contribution >= 4 is 44.6 Å². The summed E-state index contributed by atoms with van der Waals surface area (Å²) < 4.78 is 63.3. The quantitative estimate of drug-likeness (QED) is 0.144. The average Bonchev–Trinajstić information content (AvgIpc) is 4.00.